The van der Waals surface area contributed by atoms with Gasteiger partial charge in [-0.25, -0.2) is 0 Å². The van der Waals surface area contributed by atoms with Gasteiger partial charge in [-0.3, -0.25) is 9.59 Å². The molecule has 2 N–H and O–H groups in total. The predicted octanol–water partition coefficient (Wildman–Crippen LogP) is 4.86. The van der Waals surface area contributed by atoms with Crippen LogP contribution in [0.4, 0.5) is 0 Å². The van der Waals surface area contributed by atoms with Gasteiger partial charge in [0.15, 0.2) is 0 Å². The van der Waals surface area contributed by atoms with Crippen LogP contribution >= 0.6 is 0 Å². The molecule has 2 aliphatic rings. The van der Waals surface area contributed by atoms with Crippen molar-refractivity contribution in [1.29, 1.82) is 0 Å². The van der Waals surface area contributed by atoms with Crippen LogP contribution in [0.1, 0.15) is 89.9 Å². The van der Waals surface area contributed by atoms with Crippen molar-refractivity contribution in [1.82, 2.24) is 0 Å². The number of carboxylic acids is 2. The summed E-state index contributed by atoms with van der Waals surface area (Å²) >= 11 is 0. The van der Waals surface area contributed by atoms with E-state index in [2.05, 4.69) is 0 Å². The Hall–Kier alpha value is -0.138. The SMILES string of the molecule is O=C(O)C1CCCCCCC1.O=C(O)C1CCCCCCC1.[Cd]. The Labute approximate surface area is 160 Å². The average molecular weight is 425 g/mol. The van der Waals surface area contributed by atoms with Crippen molar-refractivity contribution < 1.29 is 47.1 Å². The third kappa shape index (κ3) is 11.1. The first-order chi connectivity index (χ1) is 10.6. The van der Waals surface area contributed by atoms with Crippen LogP contribution in [0.2, 0.25) is 0 Å². The van der Waals surface area contributed by atoms with Gasteiger partial charge in [-0.2, -0.15) is 0 Å². The van der Waals surface area contributed by atoms with E-state index in [0.29, 0.717) is 0 Å². The number of carboxylic acid groups (broad SMARTS) is 2. The molecule has 5 heteroatoms. The molecule has 0 bridgehead atoms. The molecule has 0 aromatic carbocycles. The molecular weight excluding hydrogens is 393 g/mol. The molecule has 0 atom stereocenters. The number of rotatable bonds is 2. The molecule has 0 spiro atoms. The average Bonchev–Trinajstić information content (AvgIpc) is 2.37. The molecule has 0 radical (unpaired) electrons. The first-order valence-electron chi connectivity index (χ1n) is 9.07. The Balaban J connectivity index is 0.000000403. The van der Waals surface area contributed by atoms with Crippen molar-refractivity contribution in [3.63, 3.8) is 0 Å². The van der Waals surface area contributed by atoms with Crippen molar-refractivity contribution in [2.45, 2.75) is 89.9 Å². The fourth-order valence-electron chi connectivity index (χ4n) is 3.41. The van der Waals surface area contributed by atoms with Gasteiger partial charge in [0.1, 0.15) is 0 Å². The number of hydrogen-bond acceptors (Lipinski definition) is 2. The minimum absolute atomic E-state index is 0. The van der Waals surface area contributed by atoms with E-state index in [0.717, 1.165) is 51.4 Å². The number of aliphatic carboxylic acids is 2. The maximum atomic E-state index is 10.6. The molecule has 130 valence electrons. The van der Waals surface area contributed by atoms with E-state index in [4.69, 9.17) is 10.2 Å². The second-order valence-corrected chi connectivity index (χ2v) is 6.76. The first-order valence-corrected chi connectivity index (χ1v) is 9.07. The Morgan fingerprint density at radius 1 is 0.522 bits per heavy atom. The summed E-state index contributed by atoms with van der Waals surface area (Å²) in [4.78, 5) is 21.2. The monoisotopic (exact) mass is 426 g/mol. The number of hydrogen-bond donors (Lipinski definition) is 2. The molecule has 0 heterocycles. The van der Waals surface area contributed by atoms with Gasteiger partial charge in [-0.15, -0.1) is 0 Å². The summed E-state index contributed by atoms with van der Waals surface area (Å²) in [5, 5.41) is 17.5. The third-order valence-corrected chi connectivity index (χ3v) is 4.91. The molecule has 0 aromatic rings. The van der Waals surface area contributed by atoms with Crippen LogP contribution < -0.4 is 0 Å². The molecule has 0 saturated heterocycles. The summed E-state index contributed by atoms with van der Waals surface area (Å²) in [6, 6.07) is 0. The zero-order valence-corrected chi connectivity index (χ0v) is 18.5. The van der Waals surface area contributed by atoms with Crippen LogP contribution in [0.15, 0.2) is 0 Å². The van der Waals surface area contributed by atoms with Crippen molar-refractivity contribution in [3.05, 3.63) is 0 Å². The van der Waals surface area contributed by atoms with E-state index in [9.17, 15) is 9.59 Å². The molecular formula is C18H32CdO4. The maximum absolute atomic E-state index is 10.6. The van der Waals surface area contributed by atoms with Crippen LogP contribution in [0.25, 0.3) is 0 Å². The Morgan fingerprint density at radius 3 is 0.957 bits per heavy atom. The van der Waals surface area contributed by atoms with Gasteiger partial charge in [0.25, 0.3) is 0 Å². The Kier molecular flexibility index (Phi) is 14.1. The fraction of sp³-hybridized carbons (Fsp3) is 0.889. The molecule has 0 aliphatic heterocycles. The van der Waals surface area contributed by atoms with Crippen molar-refractivity contribution >= 4 is 11.9 Å². The van der Waals surface area contributed by atoms with Crippen LogP contribution in [0.5, 0.6) is 0 Å². The standard InChI is InChI=1S/2C9H16O2.Cd/c2*10-9(11)8-6-4-2-1-3-5-7-8;/h2*8H,1-7H2,(H,10,11);. The summed E-state index contributed by atoms with van der Waals surface area (Å²) in [6.45, 7) is 0. The summed E-state index contributed by atoms with van der Waals surface area (Å²) in [5.41, 5.74) is 0. The van der Waals surface area contributed by atoms with Crippen LogP contribution in [0, 0.1) is 11.8 Å². The van der Waals surface area contributed by atoms with Crippen LogP contribution in [0.3, 0.4) is 0 Å². The Morgan fingerprint density at radius 2 is 0.739 bits per heavy atom. The summed E-state index contributed by atoms with van der Waals surface area (Å²) in [6.07, 6.45) is 15.5. The molecule has 2 fully saturated rings. The minimum Gasteiger partial charge on any atom is -0.481 e. The molecule has 2 saturated carbocycles. The van der Waals surface area contributed by atoms with Crippen LogP contribution in [-0.4, -0.2) is 22.2 Å². The van der Waals surface area contributed by atoms with E-state index >= 15 is 0 Å². The summed E-state index contributed by atoms with van der Waals surface area (Å²) in [5.74, 6) is -1.27. The smallest absolute Gasteiger partial charge is 0.306 e. The minimum atomic E-state index is -0.591. The predicted molar refractivity (Wildman–Crippen MR) is 86.9 cm³/mol. The van der Waals surface area contributed by atoms with Crippen molar-refractivity contribution in [2.75, 3.05) is 0 Å². The third-order valence-electron chi connectivity index (χ3n) is 4.91. The maximum Gasteiger partial charge on any atom is 0.306 e. The van der Waals surface area contributed by atoms with Gasteiger partial charge in [0.2, 0.25) is 0 Å². The van der Waals surface area contributed by atoms with Gasteiger partial charge in [-0.1, -0.05) is 64.2 Å². The van der Waals surface area contributed by atoms with E-state index in [1.165, 1.54) is 38.5 Å². The fourth-order valence-corrected chi connectivity index (χ4v) is 3.41. The molecule has 4 nitrogen and oxygen atoms in total. The molecule has 2 aliphatic carbocycles. The first kappa shape index (κ1) is 22.9. The largest absolute Gasteiger partial charge is 0.481 e. The zero-order valence-electron chi connectivity index (χ0n) is 14.5. The van der Waals surface area contributed by atoms with Gasteiger partial charge in [-0.05, 0) is 25.7 Å². The van der Waals surface area contributed by atoms with Gasteiger partial charge in [0, 0.05) is 27.3 Å². The zero-order chi connectivity index (χ0) is 16.2. The van der Waals surface area contributed by atoms with Crippen molar-refractivity contribution in [3.8, 4) is 0 Å². The Bertz CT molecular complexity index is 285. The molecule has 0 unspecified atom stereocenters. The second kappa shape index (κ2) is 14.2. The molecule has 2 rings (SSSR count). The van der Waals surface area contributed by atoms with Gasteiger partial charge >= 0.3 is 11.9 Å². The van der Waals surface area contributed by atoms with E-state index in [-0.39, 0.29) is 39.1 Å². The van der Waals surface area contributed by atoms with E-state index < -0.39 is 11.9 Å². The summed E-state index contributed by atoms with van der Waals surface area (Å²) < 4.78 is 0. The van der Waals surface area contributed by atoms with Gasteiger partial charge in [0.05, 0.1) is 11.8 Å². The quantitative estimate of drug-likeness (QED) is 0.621. The van der Waals surface area contributed by atoms with E-state index in [1.807, 2.05) is 0 Å². The van der Waals surface area contributed by atoms with Crippen molar-refractivity contribution in [2.24, 2.45) is 11.8 Å². The molecule has 0 aromatic heterocycles. The normalized spacial score (nSPS) is 21.2. The number of carbonyl (C=O) groups is 2. The molecule has 23 heavy (non-hydrogen) atoms. The molecule has 0 amide bonds. The summed E-state index contributed by atoms with van der Waals surface area (Å²) in [7, 11) is 0. The second-order valence-electron chi connectivity index (χ2n) is 6.76. The van der Waals surface area contributed by atoms with E-state index in [1.54, 1.807) is 0 Å². The topological polar surface area (TPSA) is 74.6 Å². The van der Waals surface area contributed by atoms with Crippen LogP contribution in [-0.2, 0) is 36.9 Å². The van der Waals surface area contributed by atoms with Gasteiger partial charge < -0.3 is 10.2 Å².